The molecule has 1 aromatic heterocycles. The van der Waals surface area contributed by atoms with Gasteiger partial charge in [0, 0.05) is 25.8 Å². The minimum absolute atomic E-state index is 0. The number of nitrogens with two attached hydrogens (primary N) is 1. The molecule has 3 N–H and O–H groups in total. The summed E-state index contributed by atoms with van der Waals surface area (Å²) in [5, 5.41) is 3.14. The highest BCUT2D eigenvalue weighted by Crippen LogP contribution is 2.18. The quantitative estimate of drug-likeness (QED) is 0.314. The molecular formula is C17H30IN5. The third kappa shape index (κ3) is 7.37. The number of nitrogens with zero attached hydrogens (tertiary/aromatic N) is 3. The summed E-state index contributed by atoms with van der Waals surface area (Å²) in [7, 11) is 0. The van der Waals surface area contributed by atoms with Crippen molar-refractivity contribution in [3.63, 3.8) is 0 Å². The summed E-state index contributed by atoms with van der Waals surface area (Å²) in [6.07, 6.45) is 9.35. The molecule has 2 heterocycles. The average molecular weight is 431 g/mol. The van der Waals surface area contributed by atoms with E-state index in [0.29, 0.717) is 12.5 Å². The van der Waals surface area contributed by atoms with Gasteiger partial charge in [-0.25, -0.2) is 9.98 Å². The van der Waals surface area contributed by atoms with Crippen molar-refractivity contribution in [3.05, 3.63) is 23.9 Å². The molecule has 0 bridgehead atoms. The van der Waals surface area contributed by atoms with Gasteiger partial charge >= 0.3 is 0 Å². The topological polar surface area (TPSA) is 66.5 Å². The number of guanidine groups is 1. The second kappa shape index (κ2) is 11.5. The summed E-state index contributed by atoms with van der Waals surface area (Å²) < 4.78 is 0. The van der Waals surface area contributed by atoms with Crippen LogP contribution < -0.4 is 16.0 Å². The minimum atomic E-state index is 0. The van der Waals surface area contributed by atoms with Crippen LogP contribution in [0, 0.1) is 0 Å². The lowest BCUT2D eigenvalue weighted by Gasteiger charge is -2.21. The van der Waals surface area contributed by atoms with Crippen molar-refractivity contribution < 1.29 is 0 Å². The Morgan fingerprint density at radius 3 is 2.74 bits per heavy atom. The highest BCUT2D eigenvalue weighted by atomic mass is 127. The van der Waals surface area contributed by atoms with Crippen LogP contribution in [-0.2, 0) is 6.54 Å². The Kier molecular flexibility index (Phi) is 9.98. The maximum absolute atomic E-state index is 5.88. The molecular weight excluding hydrogens is 401 g/mol. The van der Waals surface area contributed by atoms with Gasteiger partial charge in [0.1, 0.15) is 5.82 Å². The predicted octanol–water partition coefficient (Wildman–Crippen LogP) is 3.28. The highest BCUT2D eigenvalue weighted by molar-refractivity contribution is 14.0. The van der Waals surface area contributed by atoms with Crippen molar-refractivity contribution in [2.45, 2.75) is 52.0 Å². The monoisotopic (exact) mass is 431 g/mol. The van der Waals surface area contributed by atoms with E-state index in [1.54, 1.807) is 0 Å². The van der Waals surface area contributed by atoms with Crippen LogP contribution >= 0.6 is 24.0 Å². The molecule has 0 saturated carbocycles. The zero-order valence-electron chi connectivity index (χ0n) is 14.1. The van der Waals surface area contributed by atoms with Gasteiger partial charge in [-0.1, -0.05) is 26.2 Å². The van der Waals surface area contributed by atoms with E-state index in [4.69, 9.17) is 5.73 Å². The zero-order valence-corrected chi connectivity index (χ0v) is 16.5. The lowest BCUT2D eigenvalue weighted by Crippen LogP contribution is -2.32. The van der Waals surface area contributed by atoms with Crippen LogP contribution in [0.25, 0.3) is 0 Å². The van der Waals surface area contributed by atoms with Gasteiger partial charge in [0.25, 0.3) is 0 Å². The van der Waals surface area contributed by atoms with Crippen LogP contribution in [0.15, 0.2) is 23.3 Å². The molecule has 1 saturated heterocycles. The van der Waals surface area contributed by atoms with Gasteiger partial charge in [0.2, 0.25) is 0 Å². The first-order valence-corrected chi connectivity index (χ1v) is 8.53. The normalized spacial score (nSPS) is 15.7. The molecule has 0 amide bonds. The van der Waals surface area contributed by atoms with Crippen LogP contribution in [0.1, 0.15) is 51.0 Å². The summed E-state index contributed by atoms with van der Waals surface area (Å²) in [6, 6.07) is 4.16. The Bertz CT molecular complexity index is 470. The molecule has 2 rings (SSSR count). The van der Waals surface area contributed by atoms with Crippen molar-refractivity contribution in [2.75, 3.05) is 24.5 Å². The molecule has 0 aromatic carbocycles. The summed E-state index contributed by atoms with van der Waals surface area (Å²) in [5.41, 5.74) is 7.04. The molecule has 1 fully saturated rings. The number of aliphatic imine (C=N–C) groups is 1. The van der Waals surface area contributed by atoms with Gasteiger partial charge in [0.05, 0.1) is 6.54 Å². The molecule has 5 nitrogen and oxygen atoms in total. The van der Waals surface area contributed by atoms with Gasteiger partial charge in [-0.2, -0.15) is 0 Å². The summed E-state index contributed by atoms with van der Waals surface area (Å²) in [5.74, 6) is 1.61. The molecule has 0 spiro atoms. The number of nitrogens with one attached hydrogen (secondary N) is 1. The zero-order chi connectivity index (χ0) is 15.6. The second-order valence-electron chi connectivity index (χ2n) is 5.91. The van der Waals surface area contributed by atoms with Gasteiger partial charge in [-0.15, -0.1) is 24.0 Å². The standard InChI is InChI=1S/C17H29N5.HI/c1-2-3-9-20-17(18)21-14-15-8-10-19-16(13-15)22-11-6-4-5-7-12-22;/h8,10,13H,2-7,9,11-12,14H2,1H3,(H3,18,20,21);1H. The molecule has 130 valence electrons. The van der Waals surface area contributed by atoms with E-state index < -0.39 is 0 Å². The van der Waals surface area contributed by atoms with Crippen molar-refractivity contribution in [1.82, 2.24) is 10.3 Å². The second-order valence-corrected chi connectivity index (χ2v) is 5.91. The van der Waals surface area contributed by atoms with Crippen LogP contribution in [-0.4, -0.2) is 30.6 Å². The SMILES string of the molecule is CCCCNC(N)=NCc1ccnc(N2CCCCCC2)c1.I. The third-order valence-electron chi connectivity index (χ3n) is 4.01. The summed E-state index contributed by atoms with van der Waals surface area (Å²) in [4.78, 5) is 11.3. The number of halogens is 1. The lowest BCUT2D eigenvalue weighted by molar-refractivity contribution is 0.726. The van der Waals surface area contributed by atoms with E-state index in [1.165, 1.54) is 25.7 Å². The first-order valence-electron chi connectivity index (χ1n) is 8.53. The van der Waals surface area contributed by atoms with E-state index in [-0.39, 0.29) is 24.0 Å². The first kappa shape index (κ1) is 20.0. The molecule has 1 aromatic rings. The maximum Gasteiger partial charge on any atom is 0.188 e. The van der Waals surface area contributed by atoms with E-state index in [1.807, 2.05) is 12.3 Å². The number of hydrogen-bond acceptors (Lipinski definition) is 3. The number of pyridine rings is 1. The number of rotatable bonds is 6. The summed E-state index contributed by atoms with van der Waals surface area (Å²) in [6.45, 7) is 5.88. The Hall–Kier alpha value is -1.05. The lowest BCUT2D eigenvalue weighted by atomic mass is 10.2. The number of unbranched alkanes of at least 4 members (excludes halogenated alkanes) is 1. The van der Waals surface area contributed by atoms with Gasteiger partial charge < -0.3 is 16.0 Å². The van der Waals surface area contributed by atoms with Gasteiger partial charge in [-0.05, 0) is 37.0 Å². The fourth-order valence-electron chi connectivity index (χ4n) is 2.66. The van der Waals surface area contributed by atoms with Crippen molar-refractivity contribution >= 4 is 35.8 Å². The van der Waals surface area contributed by atoms with Crippen molar-refractivity contribution in [2.24, 2.45) is 10.7 Å². The molecule has 0 atom stereocenters. The summed E-state index contributed by atoms with van der Waals surface area (Å²) >= 11 is 0. The van der Waals surface area contributed by atoms with Crippen LogP contribution in [0.5, 0.6) is 0 Å². The Labute approximate surface area is 157 Å². The van der Waals surface area contributed by atoms with Gasteiger partial charge in [0.15, 0.2) is 5.96 Å². The largest absolute Gasteiger partial charge is 0.370 e. The fraction of sp³-hybridized carbons (Fsp3) is 0.647. The Morgan fingerprint density at radius 1 is 1.30 bits per heavy atom. The Balaban J connectivity index is 0.00000264. The molecule has 0 radical (unpaired) electrons. The molecule has 1 aliphatic rings. The van der Waals surface area contributed by atoms with Gasteiger partial charge in [-0.3, -0.25) is 0 Å². The smallest absolute Gasteiger partial charge is 0.188 e. The van der Waals surface area contributed by atoms with E-state index in [2.05, 4.69) is 33.2 Å². The van der Waals surface area contributed by atoms with Crippen LogP contribution in [0.2, 0.25) is 0 Å². The molecule has 0 unspecified atom stereocenters. The average Bonchev–Trinajstić information content (AvgIpc) is 2.83. The Morgan fingerprint density at radius 2 is 2.04 bits per heavy atom. The van der Waals surface area contributed by atoms with E-state index in [0.717, 1.165) is 43.9 Å². The number of anilines is 1. The molecule has 6 heteroatoms. The fourth-order valence-corrected chi connectivity index (χ4v) is 2.66. The highest BCUT2D eigenvalue weighted by Gasteiger charge is 2.11. The van der Waals surface area contributed by atoms with Crippen LogP contribution in [0.4, 0.5) is 5.82 Å². The van der Waals surface area contributed by atoms with Crippen molar-refractivity contribution in [1.29, 1.82) is 0 Å². The molecule has 23 heavy (non-hydrogen) atoms. The third-order valence-corrected chi connectivity index (χ3v) is 4.01. The first-order chi connectivity index (χ1) is 10.8. The number of aromatic nitrogens is 1. The van der Waals surface area contributed by atoms with Crippen LogP contribution in [0.3, 0.4) is 0 Å². The number of hydrogen-bond donors (Lipinski definition) is 2. The van der Waals surface area contributed by atoms with Crippen molar-refractivity contribution in [3.8, 4) is 0 Å². The van der Waals surface area contributed by atoms with E-state index in [9.17, 15) is 0 Å². The van der Waals surface area contributed by atoms with E-state index >= 15 is 0 Å². The minimum Gasteiger partial charge on any atom is -0.370 e. The molecule has 1 aliphatic heterocycles. The predicted molar refractivity (Wildman–Crippen MR) is 109 cm³/mol. The molecule has 0 aliphatic carbocycles. The maximum atomic E-state index is 5.88.